The van der Waals surface area contributed by atoms with Gasteiger partial charge in [0, 0.05) is 0 Å². The Morgan fingerprint density at radius 2 is 0.560 bits per heavy atom. The van der Waals surface area contributed by atoms with Crippen molar-refractivity contribution in [2.24, 2.45) is 0 Å². The Hall–Kier alpha value is -1.59. The van der Waals surface area contributed by atoms with Crippen molar-refractivity contribution in [2.75, 3.05) is 0 Å². The molecule has 0 aliphatic carbocycles. The molecule has 4 unspecified atom stereocenters. The minimum Gasteiger partial charge on any atom is -0.547 e. The van der Waals surface area contributed by atoms with E-state index in [1.54, 1.807) is 0 Å². The number of hydrogen-bond donors (Lipinski definition) is 4. The molecule has 0 rings (SSSR count). The maximum absolute atomic E-state index is 9.34. The molecule has 13 heteroatoms. The molecule has 0 heterocycles. The number of aliphatic hydroxyl groups is 4. The molecule has 150 valence electrons. The molecular weight excluding hydrogens is 531 g/mol. The SMILES string of the molecule is CC(O)C(=O)[O-].CC(O)C(=O)[O-].CC(O)C(=O)[O-].CC(O)C(=O)[O-].[Pt+4]. The Morgan fingerprint density at radius 1 is 0.520 bits per heavy atom. The van der Waals surface area contributed by atoms with E-state index in [9.17, 15) is 39.6 Å². The average molecular weight is 551 g/mol. The third kappa shape index (κ3) is 45.0. The summed E-state index contributed by atoms with van der Waals surface area (Å²) < 4.78 is 0. The molecular formula is C12H20O12Pt. The molecule has 0 bridgehead atoms. The monoisotopic (exact) mass is 551 g/mol. The van der Waals surface area contributed by atoms with Crippen LogP contribution in [0.5, 0.6) is 0 Å². The molecule has 0 aromatic rings. The number of carboxylic acid groups (broad SMARTS) is 4. The van der Waals surface area contributed by atoms with Gasteiger partial charge in [-0.05, 0) is 27.7 Å². The third-order valence-corrected chi connectivity index (χ3v) is 1.36. The van der Waals surface area contributed by atoms with Crippen molar-refractivity contribution in [2.45, 2.75) is 52.1 Å². The molecule has 0 aliphatic rings. The van der Waals surface area contributed by atoms with E-state index in [-0.39, 0.29) is 21.1 Å². The van der Waals surface area contributed by atoms with Crippen molar-refractivity contribution in [3.8, 4) is 0 Å². The quantitative estimate of drug-likeness (QED) is 0.255. The molecule has 0 saturated carbocycles. The van der Waals surface area contributed by atoms with Crippen molar-refractivity contribution in [1.29, 1.82) is 0 Å². The van der Waals surface area contributed by atoms with Gasteiger partial charge >= 0.3 is 21.1 Å². The van der Waals surface area contributed by atoms with Crippen LogP contribution in [0.25, 0.3) is 0 Å². The van der Waals surface area contributed by atoms with Gasteiger partial charge in [0.05, 0.1) is 48.3 Å². The van der Waals surface area contributed by atoms with E-state index in [4.69, 9.17) is 20.4 Å². The van der Waals surface area contributed by atoms with Crippen LogP contribution in [0.1, 0.15) is 27.7 Å². The van der Waals surface area contributed by atoms with E-state index < -0.39 is 48.3 Å². The predicted molar refractivity (Wildman–Crippen MR) is 66.8 cm³/mol. The molecule has 4 atom stereocenters. The summed E-state index contributed by atoms with van der Waals surface area (Å²) in [6, 6.07) is 0. The van der Waals surface area contributed by atoms with Gasteiger partial charge in [0.15, 0.2) is 0 Å². The molecule has 0 aromatic carbocycles. The summed E-state index contributed by atoms with van der Waals surface area (Å²) in [5.74, 6) is -5.74. The maximum Gasteiger partial charge on any atom is 4.00 e. The molecule has 0 aromatic heterocycles. The molecule has 0 aliphatic heterocycles. The van der Waals surface area contributed by atoms with Gasteiger partial charge < -0.3 is 60.0 Å². The van der Waals surface area contributed by atoms with E-state index in [1.165, 1.54) is 0 Å². The zero-order valence-electron chi connectivity index (χ0n) is 13.7. The zero-order valence-corrected chi connectivity index (χ0v) is 16.0. The number of hydrogen-bond acceptors (Lipinski definition) is 12. The molecule has 0 radical (unpaired) electrons. The van der Waals surface area contributed by atoms with Crippen LogP contribution in [0.2, 0.25) is 0 Å². The normalized spacial score (nSPS) is 13.1. The van der Waals surface area contributed by atoms with E-state index in [1.807, 2.05) is 0 Å². The first-order valence-electron chi connectivity index (χ1n) is 6.13. The van der Waals surface area contributed by atoms with Crippen LogP contribution in [0.15, 0.2) is 0 Å². The first-order valence-corrected chi connectivity index (χ1v) is 6.13. The molecule has 12 nitrogen and oxygen atoms in total. The molecule has 25 heavy (non-hydrogen) atoms. The van der Waals surface area contributed by atoms with Gasteiger partial charge in [0.25, 0.3) is 0 Å². The third-order valence-electron chi connectivity index (χ3n) is 1.36. The van der Waals surface area contributed by atoms with Crippen LogP contribution < -0.4 is 20.4 Å². The topological polar surface area (TPSA) is 241 Å². The fraction of sp³-hybridized carbons (Fsp3) is 0.667. The van der Waals surface area contributed by atoms with E-state index in [0.29, 0.717) is 0 Å². The fourth-order valence-electron chi connectivity index (χ4n) is 0. The van der Waals surface area contributed by atoms with Gasteiger partial charge in [-0.2, -0.15) is 0 Å². The van der Waals surface area contributed by atoms with Gasteiger partial charge in [-0.25, -0.2) is 0 Å². The number of carbonyl (C=O) groups is 4. The van der Waals surface area contributed by atoms with Gasteiger partial charge in [-0.1, -0.05) is 0 Å². The Kier molecular flexibility index (Phi) is 28.4. The number of carbonyl (C=O) groups excluding carboxylic acids is 4. The van der Waals surface area contributed by atoms with E-state index in [0.717, 1.165) is 27.7 Å². The van der Waals surface area contributed by atoms with Gasteiger partial charge in [-0.15, -0.1) is 0 Å². The van der Waals surface area contributed by atoms with Gasteiger partial charge in [-0.3, -0.25) is 0 Å². The summed E-state index contributed by atoms with van der Waals surface area (Å²) in [6.45, 7) is 4.54. The summed E-state index contributed by atoms with van der Waals surface area (Å²) in [5.41, 5.74) is 0. The van der Waals surface area contributed by atoms with Crippen LogP contribution in [0.3, 0.4) is 0 Å². The van der Waals surface area contributed by atoms with Crippen molar-refractivity contribution in [3.63, 3.8) is 0 Å². The van der Waals surface area contributed by atoms with E-state index in [2.05, 4.69) is 0 Å². The predicted octanol–water partition coefficient (Wildman–Crippen LogP) is -7.53. The smallest absolute Gasteiger partial charge is 0.547 e. The largest absolute Gasteiger partial charge is 4.00 e. The second kappa shape index (κ2) is 20.5. The second-order valence-corrected chi connectivity index (χ2v) is 3.98. The van der Waals surface area contributed by atoms with Gasteiger partial charge in [0.1, 0.15) is 0 Å². The summed E-state index contributed by atoms with van der Waals surface area (Å²) in [7, 11) is 0. The fourth-order valence-corrected chi connectivity index (χ4v) is 0. The van der Waals surface area contributed by atoms with Crippen LogP contribution >= 0.6 is 0 Å². The first-order chi connectivity index (χ1) is 10.6. The number of rotatable bonds is 4. The molecule has 0 fully saturated rings. The summed E-state index contributed by atoms with van der Waals surface area (Å²) in [4.78, 5) is 37.4. The Bertz CT molecular complexity index is 306. The van der Waals surface area contributed by atoms with Crippen molar-refractivity contribution < 1.29 is 81.1 Å². The van der Waals surface area contributed by atoms with Crippen LogP contribution in [0, 0.1) is 0 Å². The minimum atomic E-state index is -1.44. The molecule has 0 saturated heterocycles. The molecule has 0 spiro atoms. The number of aliphatic carboxylic acids is 4. The molecule has 4 N–H and O–H groups in total. The molecule has 0 amide bonds. The standard InChI is InChI=1S/4C3H6O3.Pt/c4*1-2(4)3(5)6;/h4*2,4H,1H3,(H,5,6);/q;;;;+4/p-4. The van der Waals surface area contributed by atoms with Crippen molar-refractivity contribution >= 4 is 23.9 Å². The van der Waals surface area contributed by atoms with Crippen molar-refractivity contribution in [3.05, 3.63) is 0 Å². The maximum atomic E-state index is 9.34. The van der Waals surface area contributed by atoms with Crippen molar-refractivity contribution in [1.82, 2.24) is 0 Å². The first kappa shape index (κ1) is 34.7. The minimum absolute atomic E-state index is 0. The summed E-state index contributed by atoms with van der Waals surface area (Å²) in [6.07, 6.45) is -5.37. The van der Waals surface area contributed by atoms with Crippen LogP contribution in [-0.2, 0) is 40.2 Å². The van der Waals surface area contributed by atoms with Crippen LogP contribution in [0.4, 0.5) is 0 Å². The Balaban J connectivity index is -0.0000000702. The number of carboxylic acids is 4. The van der Waals surface area contributed by atoms with Gasteiger partial charge in [0.2, 0.25) is 0 Å². The Morgan fingerprint density at radius 3 is 0.560 bits per heavy atom. The Labute approximate surface area is 157 Å². The summed E-state index contributed by atoms with van der Waals surface area (Å²) in [5, 5.41) is 69.2. The zero-order chi connectivity index (χ0) is 20.6. The number of aliphatic hydroxyl groups excluding tert-OH is 4. The van der Waals surface area contributed by atoms with E-state index >= 15 is 0 Å². The average Bonchev–Trinajstić information content (AvgIpc) is 2.40. The van der Waals surface area contributed by atoms with Crippen LogP contribution in [-0.4, -0.2) is 68.7 Å². The summed E-state index contributed by atoms with van der Waals surface area (Å²) >= 11 is 0. The second-order valence-electron chi connectivity index (χ2n) is 3.98.